The number of phenolic OH excluding ortho intramolecular Hbond substituents is 1. The van der Waals surface area contributed by atoms with E-state index < -0.39 is 0 Å². The van der Waals surface area contributed by atoms with Crippen LogP contribution in [0.1, 0.15) is 33.3 Å². The van der Waals surface area contributed by atoms with E-state index in [-0.39, 0.29) is 0 Å². The molecular weight excluding hydrogens is 172 g/mol. The molecule has 0 atom stereocenters. The highest BCUT2D eigenvalue weighted by Gasteiger charge is 2.11. The number of para-hydroxylation sites is 1. The van der Waals surface area contributed by atoms with Crippen molar-refractivity contribution >= 4 is 5.57 Å². The van der Waals surface area contributed by atoms with Crippen LogP contribution in [0.4, 0.5) is 0 Å². The van der Waals surface area contributed by atoms with Gasteiger partial charge in [-0.15, -0.1) is 0 Å². The third-order valence-electron chi connectivity index (χ3n) is 2.31. The highest BCUT2D eigenvalue weighted by Crippen LogP contribution is 2.32. The van der Waals surface area contributed by atoms with Gasteiger partial charge in [-0.25, -0.2) is 0 Å². The molecule has 1 aromatic carbocycles. The fourth-order valence-corrected chi connectivity index (χ4v) is 1.86. The van der Waals surface area contributed by atoms with E-state index in [9.17, 15) is 5.11 Å². The van der Waals surface area contributed by atoms with Gasteiger partial charge in [0.05, 0.1) is 0 Å². The van der Waals surface area contributed by atoms with Crippen molar-refractivity contribution < 1.29 is 5.11 Å². The number of allylic oxidation sites excluding steroid dienone is 2. The third-order valence-corrected chi connectivity index (χ3v) is 2.31. The maximum absolute atomic E-state index is 9.74. The van der Waals surface area contributed by atoms with Crippen molar-refractivity contribution in [2.24, 2.45) is 5.92 Å². The molecule has 1 N–H and O–H groups in total. The highest BCUT2D eigenvalue weighted by atomic mass is 16.3. The molecule has 0 saturated carbocycles. The summed E-state index contributed by atoms with van der Waals surface area (Å²) in [5, 5.41) is 9.74. The Labute approximate surface area is 86.1 Å². The van der Waals surface area contributed by atoms with Gasteiger partial charge in [0.1, 0.15) is 5.75 Å². The van der Waals surface area contributed by atoms with Crippen LogP contribution in [-0.2, 0) is 0 Å². The van der Waals surface area contributed by atoms with Gasteiger partial charge >= 0.3 is 0 Å². The van der Waals surface area contributed by atoms with Crippen molar-refractivity contribution in [2.45, 2.75) is 27.7 Å². The zero-order chi connectivity index (χ0) is 10.7. The number of aromatic hydroxyl groups is 1. The fourth-order valence-electron chi connectivity index (χ4n) is 1.86. The Morgan fingerprint density at radius 3 is 2.14 bits per heavy atom. The molecule has 0 amide bonds. The molecule has 0 unspecified atom stereocenters. The van der Waals surface area contributed by atoms with Gasteiger partial charge in [0.15, 0.2) is 0 Å². The summed E-state index contributed by atoms with van der Waals surface area (Å²) in [6, 6.07) is 7.51. The zero-order valence-corrected chi connectivity index (χ0v) is 9.33. The van der Waals surface area contributed by atoms with Gasteiger partial charge in [0.25, 0.3) is 0 Å². The van der Waals surface area contributed by atoms with Crippen molar-refractivity contribution in [3.63, 3.8) is 0 Å². The number of hydrogen-bond acceptors (Lipinski definition) is 1. The minimum Gasteiger partial charge on any atom is -0.507 e. The smallest absolute Gasteiger partial charge is 0.123 e. The fraction of sp³-hybridized carbons (Fsp3) is 0.385. The van der Waals surface area contributed by atoms with Crippen LogP contribution in [0.25, 0.3) is 5.57 Å². The zero-order valence-electron chi connectivity index (χ0n) is 9.33. The predicted molar refractivity (Wildman–Crippen MR) is 61.2 cm³/mol. The van der Waals surface area contributed by atoms with Gasteiger partial charge in [-0.2, -0.15) is 0 Å². The standard InChI is InChI=1S/C13H18O/c1-9(2)13(10(3)4)11-7-5-6-8-12(11)14/h5-9,14H,1-4H3. The second-order valence-electron chi connectivity index (χ2n) is 4.09. The monoisotopic (exact) mass is 190 g/mol. The summed E-state index contributed by atoms with van der Waals surface area (Å²) in [7, 11) is 0. The minimum absolute atomic E-state index is 0.373. The molecule has 0 aliphatic heterocycles. The molecule has 14 heavy (non-hydrogen) atoms. The van der Waals surface area contributed by atoms with Crippen LogP contribution in [-0.4, -0.2) is 5.11 Å². The van der Waals surface area contributed by atoms with Crippen molar-refractivity contribution in [2.75, 3.05) is 0 Å². The number of rotatable bonds is 2. The maximum atomic E-state index is 9.74. The van der Waals surface area contributed by atoms with Crippen LogP contribution >= 0.6 is 0 Å². The molecule has 1 heteroatoms. The second-order valence-corrected chi connectivity index (χ2v) is 4.09. The molecule has 0 saturated heterocycles. The molecule has 0 aliphatic carbocycles. The Morgan fingerprint density at radius 1 is 1.14 bits per heavy atom. The number of benzene rings is 1. The summed E-state index contributed by atoms with van der Waals surface area (Å²) in [4.78, 5) is 0. The van der Waals surface area contributed by atoms with Crippen LogP contribution in [0, 0.1) is 5.92 Å². The van der Waals surface area contributed by atoms with Crippen molar-refractivity contribution in [3.05, 3.63) is 35.4 Å². The van der Waals surface area contributed by atoms with Gasteiger partial charge in [0, 0.05) is 5.56 Å². The Kier molecular flexibility index (Phi) is 3.34. The van der Waals surface area contributed by atoms with Gasteiger partial charge < -0.3 is 5.11 Å². The molecule has 0 fully saturated rings. The molecule has 1 aromatic rings. The highest BCUT2D eigenvalue weighted by molar-refractivity contribution is 5.73. The van der Waals surface area contributed by atoms with Crippen molar-refractivity contribution in [3.8, 4) is 5.75 Å². The van der Waals surface area contributed by atoms with E-state index >= 15 is 0 Å². The average Bonchev–Trinajstić information content (AvgIpc) is 2.07. The first kappa shape index (κ1) is 10.8. The molecule has 0 aromatic heterocycles. The van der Waals surface area contributed by atoms with Crippen molar-refractivity contribution in [1.29, 1.82) is 0 Å². The first-order valence-electron chi connectivity index (χ1n) is 4.99. The Morgan fingerprint density at radius 2 is 1.71 bits per heavy atom. The van der Waals surface area contributed by atoms with Crippen LogP contribution in [0.15, 0.2) is 29.8 Å². The number of hydrogen-bond donors (Lipinski definition) is 1. The van der Waals surface area contributed by atoms with Crippen LogP contribution in [0.5, 0.6) is 5.75 Å². The lowest BCUT2D eigenvalue weighted by Gasteiger charge is -2.15. The summed E-state index contributed by atoms with van der Waals surface area (Å²) >= 11 is 0. The first-order chi connectivity index (χ1) is 6.54. The Bertz CT molecular complexity index is 344. The molecule has 0 spiro atoms. The third kappa shape index (κ3) is 2.16. The molecule has 0 bridgehead atoms. The van der Waals surface area contributed by atoms with E-state index in [2.05, 4.69) is 27.7 Å². The van der Waals surface area contributed by atoms with Crippen LogP contribution in [0.3, 0.4) is 0 Å². The topological polar surface area (TPSA) is 20.2 Å². The van der Waals surface area contributed by atoms with E-state index in [1.54, 1.807) is 6.07 Å². The van der Waals surface area contributed by atoms with E-state index in [0.717, 1.165) is 5.56 Å². The van der Waals surface area contributed by atoms with Crippen LogP contribution in [0.2, 0.25) is 0 Å². The van der Waals surface area contributed by atoms with Gasteiger partial charge in [-0.3, -0.25) is 0 Å². The lowest BCUT2D eigenvalue weighted by Crippen LogP contribution is -1.96. The second kappa shape index (κ2) is 4.32. The predicted octanol–water partition coefficient (Wildman–Crippen LogP) is 3.84. The largest absolute Gasteiger partial charge is 0.507 e. The summed E-state index contributed by atoms with van der Waals surface area (Å²) in [6.07, 6.45) is 0. The minimum atomic E-state index is 0.373. The van der Waals surface area contributed by atoms with Crippen molar-refractivity contribution in [1.82, 2.24) is 0 Å². The molecule has 1 nitrogen and oxygen atoms in total. The first-order valence-corrected chi connectivity index (χ1v) is 4.99. The Balaban J connectivity index is 3.27. The SMILES string of the molecule is CC(C)=C(c1ccccc1O)C(C)C. The Hall–Kier alpha value is -1.24. The van der Waals surface area contributed by atoms with Crippen LogP contribution < -0.4 is 0 Å². The summed E-state index contributed by atoms with van der Waals surface area (Å²) < 4.78 is 0. The molecule has 0 radical (unpaired) electrons. The molecular formula is C13H18O. The summed E-state index contributed by atoms with van der Waals surface area (Å²) in [5.41, 5.74) is 3.46. The van der Waals surface area contributed by atoms with Gasteiger partial charge in [0.2, 0.25) is 0 Å². The summed E-state index contributed by atoms with van der Waals surface area (Å²) in [5.74, 6) is 0.811. The van der Waals surface area contributed by atoms with Gasteiger partial charge in [-0.1, -0.05) is 37.6 Å². The quantitative estimate of drug-likeness (QED) is 0.751. The average molecular weight is 190 g/mol. The van der Waals surface area contributed by atoms with E-state index in [1.807, 2.05) is 18.2 Å². The van der Waals surface area contributed by atoms with E-state index in [1.165, 1.54) is 11.1 Å². The van der Waals surface area contributed by atoms with E-state index in [0.29, 0.717) is 11.7 Å². The maximum Gasteiger partial charge on any atom is 0.123 e. The lowest BCUT2D eigenvalue weighted by atomic mass is 9.91. The number of phenols is 1. The molecule has 0 aliphatic rings. The summed E-state index contributed by atoms with van der Waals surface area (Å²) in [6.45, 7) is 8.47. The molecule has 1 rings (SSSR count). The molecule has 0 heterocycles. The van der Waals surface area contributed by atoms with Gasteiger partial charge in [-0.05, 0) is 31.4 Å². The van der Waals surface area contributed by atoms with E-state index in [4.69, 9.17) is 0 Å². The molecule has 76 valence electrons. The normalized spacial score (nSPS) is 10.4. The lowest BCUT2D eigenvalue weighted by molar-refractivity contribution is 0.472.